The van der Waals surface area contributed by atoms with E-state index >= 15 is 0 Å². The number of hydrogen-bond acceptors (Lipinski definition) is 3. The third-order valence-corrected chi connectivity index (χ3v) is 3.42. The second kappa shape index (κ2) is 5.48. The number of rotatable bonds is 6. The van der Waals surface area contributed by atoms with Crippen molar-refractivity contribution in [3.8, 4) is 5.75 Å². The summed E-state index contributed by atoms with van der Waals surface area (Å²) in [5.74, 6) is -1.63. The van der Waals surface area contributed by atoms with Crippen molar-refractivity contribution < 1.29 is 23.8 Å². The van der Waals surface area contributed by atoms with Gasteiger partial charge in [0.2, 0.25) is 0 Å². The number of benzene rings is 1. The molecule has 2 N–H and O–H groups in total. The van der Waals surface area contributed by atoms with Crippen molar-refractivity contribution in [2.24, 2.45) is 5.92 Å². The Hall–Kier alpha value is -2.11. The van der Waals surface area contributed by atoms with Crippen LogP contribution in [0.2, 0.25) is 0 Å². The van der Waals surface area contributed by atoms with Gasteiger partial charge in [-0.2, -0.15) is 0 Å². The molecule has 1 fully saturated rings. The Kier molecular flexibility index (Phi) is 3.92. The summed E-state index contributed by atoms with van der Waals surface area (Å²) in [6, 6.07) is 5.25. The summed E-state index contributed by atoms with van der Waals surface area (Å²) < 4.78 is 17.9. The van der Waals surface area contributed by atoms with E-state index in [1.54, 1.807) is 0 Å². The number of carboxylic acid groups (broad SMARTS) is 1. The Balaban J connectivity index is 1.88. The first-order chi connectivity index (χ1) is 9.41. The van der Waals surface area contributed by atoms with Crippen LogP contribution in [0, 0.1) is 11.7 Å². The van der Waals surface area contributed by atoms with Crippen molar-refractivity contribution in [2.45, 2.75) is 25.3 Å². The number of carbonyl (C=O) groups is 2. The molecule has 1 aliphatic rings. The van der Waals surface area contributed by atoms with Crippen LogP contribution in [0.4, 0.5) is 4.39 Å². The first-order valence-corrected chi connectivity index (χ1v) is 6.34. The van der Waals surface area contributed by atoms with Gasteiger partial charge in [0.15, 0.2) is 6.61 Å². The number of halogens is 1. The third-order valence-electron chi connectivity index (χ3n) is 3.42. The quantitative estimate of drug-likeness (QED) is 0.830. The van der Waals surface area contributed by atoms with Crippen molar-refractivity contribution in [3.05, 3.63) is 30.1 Å². The largest absolute Gasteiger partial charge is 0.484 e. The highest BCUT2D eigenvalue weighted by atomic mass is 19.1. The molecule has 1 amide bonds. The highest BCUT2D eigenvalue weighted by Crippen LogP contribution is 2.39. The Bertz CT molecular complexity index is 512. The maximum Gasteiger partial charge on any atom is 0.329 e. The van der Waals surface area contributed by atoms with Crippen molar-refractivity contribution in [1.82, 2.24) is 5.32 Å². The third kappa shape index (κ3) is 3.26. The van der Waals surface area contributed by atoms with Gasteiger partial charge in [-0.05, 0) is 49.9 Å². The number of ether oxygens (including phenoxy) is 1. The van der Waals surface area contributed by atoms with Crippen molar-refractivity contribution in [1.29, 1.82) is 0 Å². The predicted octanol–water partition coefficient (Wildman–Crippen LogP) is 1.57. The molecule has 1 unspecified atom stereocenters. The van der Waals surface area contributed by atoms with Crippen LogP contribution in [0.5, 0.6) is 5.75 Å². The Morgan fingerprint density at radius 1 is 1.40 bits per heavy atom. The number of amides is 1. The summed E-state index contributed by atoms with van der Waals surface area (Å²) >= 11 is 0. The van der Waals surface area contributed by atoms with E-state index < -0.39 is 23.2 Å². The summed E-state index contributed by atoms with van der Waals surface area (Å²) in [7, 11) is 0. The number of nitrogens with one attached hydrogen (secondary N) is 1. The van der Waals surface area contributed by atoms with Crippen LogP contribution < -0.4 is 10.1 Å². The standard InChI is InChI=1S/C14H16FNO4/c1-14(13(18)19,9-2-3-9)16-12(17)8-20-11-6-4-10(15)5-7-11/h4-7,9H,2-3,8H2,1H3,(H,16,17)(H,18,19). The Labute approximate surface area is 115 Å². The minimum Gasteiger partial charge on any atom is -0.484 e. The van der Waals surface area contributed by atoms with Crippen LogP contribution >= 0.6 is 0 Å². The first kappa shape index (κ1) is 14.3. The molecule has 1 aromatic rings. The van der Waals surface area contributed by atoms with Gasteiger partial charge in [-0.3, -0.25) is 4.79 Å². The molecule has 6 heteroatoms. The van der Waals surface area contributed by atoms with Gasteiger partial charge in [-0.15, -0.1) is 0 Å². The van der Waals surface area contributed by atoms with Crippen molar-refractivity contribution >= 4 is 11.9 Å². The van der Waals surface area contributed by atoms with E-state index in [2.05, 4.69) is 5.32 Å². The SMILES string of the molecule is CC(NC(=O)COc1ccc(F)cc1)(C(=O)O)C1CC1. The zero-order valence-corrected chi connectivity index (χ0v) is 11.1. The second-order valence-electron chi connectivity index (χ2n) is 5.07. The smallest absolute Gasteiger partial charge is 0.329 e. The minimum atomic E-state index is -1.25. The summed E-state index contributed by atoms with van der Waals surface area (Å²) in [5.41, 5.74) is -1.25. The van der Waals surface area contributed by atoms with E-state index in [0.29, 0.717) is 5.75 Å². The maximum absolute atomic E-state index is 12.7. The van der Waals surface area contributed by atoms with E-state index in [4.69, 9.17) is 4.74 Å². The molecule has 2 rings (SSSR count). The Morgan fingerprint density at radius 2 is 2.00 bits per heavy atom. The number of hydrogen-bond donors (Lipinski definition) is 2. The summed E-state index contributed by atoms with van der Waals surface area (Å²) in [6.45, 7) is 1.20. The lowest BCUT2D eigenvalue weighted by atomic mass is 9.96. The molecule has 0 bridgehead atoms. The molecule has 0 spiro atoms. The lowest BCUT2D eigenvalue weighted by Gasteiger charge is -2.26. The fraction of sp³-hybridized carbons (Fsp3) is 0.429. The highest BCUT2D eigenvalue weighted by Gasteiger charge is 2.48. The average molecular weight is 281 g/mol. The summed E-state index contributed by atoms with van der Waals surface area (Å²) in [4.78, 5) is 23.0. The zero-order valence-electron chi connectivity index (χ0n) is 11.1. The normalized spacial score (nSPS) is 17.1. The molecule has 108 valence electrons. The fourth-order valence-corrected chi connectivity index (χ4v) is 2.00. The van der Waals surface area contributed by atoms with Crippen LogP contribution in [-0.4, -0.2) is 29.1 Å². The number of carboxylic acids is 1. The molecule has 1 saturated carbocycles. The van der Waals surface area contributed by atoms with Crippen molar-refractivity contribution in [2.75, 3.05) is 6.61 Å². The summed E-state index contributed by atoms with van der Waals surface area (Å²) in [6.07, 6.45) is 1.59. The van der Waals surface area contributed by atoms with Gasteiger partial charge in [-0.1, -0.05) is 0 Å². The maximum atomic E-state index is 12.7. The van der Waals surface area contributed by atoms with Crippen LogP contribution in [0.3, 0.4) is 0 Å². The van der Waals surface area contributed by atoms with Gasteiger partial charge in [0, 0.05) is 0 Å². The van der Waals surface area contributed by atoms with Crippen LogP contribution in [0.1, 0.15) is 19.8 Å². The topological polar surface area (TPSA) is 75.6 Å². The molecular formula is C14H16FNO4. The molecule has 20 heavy (non-hydrogen) atoms. The molecular weight excluding hydrogens is 265 g/mol. The average Bonchev–Trinajstić information content (AvgIpc) is 3.22. The second-order valence-corrected chi connectivity index (χ2v) is 5.07. The monoisotopic (exact) mass is 281 g/mol. The first-order valence-electron chi connectivity index (χ1n) is 6.34. The number of carbonyl (C=O) groups excluding carboxylic acids is 1. The van der Waals surface area contributed by atoms with Gasteiger partial charge in [0.1, 0.15) is 17.1 Å². The van der Waals surface area contributed by atoms with Crippen LogP contribution in [0.25, 0.3) is 0 Å². The van der Waals surface area contributed by atoms with Gasteiger partial charge in [0.05, 0.1) is 0 Å². The summed E-state index contributed by atoms with van der Waals surface area (Å²) in [5, 5.41) is 11.7. The van der Waals surface area contributed by atoms with Gasteiger partial charge in [-0.25, -0.2) is 9.18 Å². The predicted molar refractivity (Wildman–Crippen MR) is 68.8 cm³/mol. The molecule has 0 aliphatic heterocycles. The molecule has 1 aromatic carbocycles. The molecule has 5 nitrogen and oxygen atoms in total. The number of aliphatic carboxylic acids is 1. The lowest BCUT2D eigenvalue weighted by molar-refractivity contribution is -0.148. The lowest BCUT2D eigenvalue weighted by Crippen LogP contribution is -2.55. The molecule has 1 aliphatic carbocycles. The molecule has 0 radical (unpaired) electrons. The van der Waals surface area contributed by atoms with Crippen LogP contribution in [-0.2, 0) is 9.59 Å². The minimum absolute atomic E-state index is 0.0326. The van der Waals surface area contributed by atoms with E-state index in [-0.39, 0.29) is 12.5 Å². The molecule has 0 aromatic heterocycles. The van der Waals surface area contributed by atoms with E-state index in [0.717, 1.165) is 12.8 Å². The van der Waals surface area contributed by atoms with Crippen molar-refractivity contribution in [3.63, 3.8) is 0 Å². The zero-order chi connectivity index (χ0) is 14.8. The highest BCUT2D eigenvalue weighted by molar-refractivity contribution is 5.88. The van der Waals surface area contributed by atoms with Gasteiger partial charge < -0.3 is 15.2 Å². The molecule has 0 saturated heterocycles. The van der Waals surface area contributed by atoms with Gasteiger partial charge in [0.25, 0.3) is 5.91 Å². The molecule has 1 atom stereocenters. The van der Waals surface area contributed by atoms with Crippen LogP contribution in [0.15, 0.2) is 24.3 Å². The van der Waals surface area contributed by atoms with E-state index in [1.807, 2.05) is 0 Å². The van der Waals surface area contributed by atoms with Gasteiger partial charge >= 0.3 is 5.97 Å². The fourth-order valence-electron chi connectivity index (χ4n) is 2.00. The van der Waals surface area contributed by atoms with E-state index in [9.17, 15) is 19.1 Å². The Morgan fingerprint density at radius 3 is 2.50 bits per heavy atom. The molecule has 0 heterocycles. The van der Waals surface area contributed by atoms with E-state index in [1.165, 1.54) is 31.2 Å².